The third-order valence-electron chi connectivity index (χ3n) is 4.12. The van der Waals surface area contributed by atoms with Crippen molar-refractivity contribution in [3.8, 4) is 11.6 Å². The molecule has 1 aromatic carbocycles. The maximum atomic E-state index is 12.3. The Bertz CT molecular complexity index is 733. The van der Waals surface area contributed by atoms with E-state index in [2.05, 4.69) is 10.3 Å². The third kappa shape index (κ3) is 3.59. The van der Waals surface area contributed by atoms with Crippen LogP contribution in [0.2, 0.25) is 0 Å². The first kappa shape index (κ1) is 16.1. The molecule has 1 aromatic heterocycles. The smallest absolute Gasteiger partial charge is 0.318 e. The molecule has 0 fully saturated rings. The number of carbonyl (C=O) groups is 1. The minimum Gasteiger partial charge on any atom is -0.497 e. The van der Waals surface area contributed by atoms with Crippen LogP contribution >= 0.6 is 0 Å². The topological polar surface area (TPSA) is 63.7 Å². The molecule has 0 saturated heterocycles. The zero-order chi connectivity index (χ0) is 16.9. The van der Waals surface area contributed by atoms with Crippen molar-refractivity contribution in [1.82, 2.24) is 15.2 Å². The maximum Gasteiger partial charge on any atom is 0.318 e. The number of urea groups is 1. The molecule has 1 N–H and O–H groups in total. The van der Waals surface area contributed by atoms with Crippen LogP contribution in [0.4, 0.5) is 4.79 Å². The van der Waals surface area contributed by atoms with E-state index in [4.69, 9.17) is 9.47 Å². The van der Waals surface area contributed by atoms with Crippen molar-refractivity contribution in [3.05, 3.63) is 53.2 Å². The number of carbonyl (C=O) groups excluding carboxylic acids is 1. The minimum absolute atomic E-state index is 0.0498. The van der Waals surface area contributed by atoms with Crippen LogP contribution in [-0.2, 0) is 19.5 Å². The molecule has 0 bridgehead atoms. The molecule has 2 heterocycles. The average Bonchev–Trinajstić information content (AvgIpc) is 3.05. The van der Waals surface area contributed by atoms with Gasteiger partial charge in [0.05, 0.1) is 14.2 Å². The van der Waals surface area contributed by atoms with Crippen LogP contribution in [0.3, 0.4) is 0 Å². The summed E-state index contributed by atoms with van der Waals surface area (Å²) in [6, 6.07) is 9.69. The Morgan fingerprint density at radius 2 is 2.00 bits per heavy atom. The number of fused-ring (bicyclic) bond motifs is 1. The standard InChI is InChI=1S/C18H21N3O3/c1-23-16-4-3-14-11-21(12-15(14)10-16)18(22)20-8-6-13-5-7-19-17(9-13)24-2/h3-5,7,9-10H,6,8,11-12H2,1-2H3,(H,20,22). The SMILES string of the molecule is COc1ccc2c(c1)CN(C(=O)NCCc1ccnc(OC)c1)C2. The van der Waals surface area contributed by atoms with Gasteiger partial charge < -0.3 is 19.7 Å². The fourth-order valence-electron chi connectivity index (χ4n) is 2.78. The van der Waals surface area contributed by atoms with Gasteiger partial charge >= 0.3 is 6.03 Å². The fraction of sp³-hybridized carbons (Fsp3) is 0.333. The van der Waals surface area contributed by atoms with E-state index >= 15 is 0 Å². The summed E-state index contributed by atoms with van der Waals surface area (Å²) in [4.78, 5) is 18.2. The second-order valence-electron chi connectivity index (χ2n) is 5.68. The van der Waals surface area contributed by atoms with Crippen molar-refractivity contribution in [2.75, 3.05) is 20.8 Å². The molecule has 24 heavy (non-hydrogen) atoms. The Kier molecular flexibility index (Phi) is 4.84. The first-order valence-electron chi connectivity index (χ1n) is 7.87. The van der Waals surface area contributed by atoms with Crippen molar-refractivity contribution in [3.63, 3.8) is 0 Å². The number of hydrogen-bond acceptors (Lipinski definition) is 4. The molecule has 2 amide bonds. The van der Waals surface area contributed by atoms with Gasteiger partial charge in [0.25, 0.3) is 0 Å². The van der Waals surface area contributed by atoms with E-state index < -0.39 is 0 Å². The van der Waals surface area contributed by atoms with E-state index in [1.807, 2.05) is 30.3 Å². The van der Waals surface area contributed by atoms with E-state index in [-0.39, 0.29) is 6.03 Å². The van der Waals surface area contributed by atoms with Crippen LogP contribution < -0.4 is 14.8 Å². The molecule has 2 aromatic rings. The summed E-state index contributed by atoms with van der Waals surface area (Å²) in [6.07, 6.45) is 2.44. The summed E-state index contributed by atoms with van der Waals surface area (Å²) in [5.41, 5.74) is 3.39. The Labute approximate surface area is 141 Å². The fourth-order valence-corrected chi connectivity index (χ4v) is 2.78. The number of nitrogens with one attached hydrogen (secondary N) is 1. The second-order valence-corrected chi connectivity index (χ2v) is 5.68. The van der Waals surface area contributed by atoms with Crippen molar-refractivity contribution >= 4 is 6.03 Å². The Morgan fingerprint density at radius 3 is 2.79 bits per heavy atom. The zero-order valence-electron chi connectivity index (χ0n) is 13.9. The first-order chi connectivity index (χ1) is 11.7. The van der Waals surface area contributed by atoms with Gasteiger partial charge in [-0.15, -0.1) is 0 Å². The molecule has 1 aliphatic rings. The predicted octanol–water partition coefficient (Wildman–Crippen LogP) is 2.37. The van der Waals surface area contributed by atoms with Crippen molar-refractivity contribution in [2.24, 2.45) is 0 Å². The Hall–Kier alpha value is -2.76. The molecular weight excluding hydrogens is 306 g/mol. The van der Waals surface area contributed by atoms with Crippen LogP contribution in [0.5, 0.6) is 11.6 Å². The molecule has 0 saturated carbocycles. The Balaban J connectivity index is 1.51. The minimum atomic E-state index is -0.0498. The molecule has 0 spiro atoms. The average molecular weight is 327 g/mol. The number of ether oxygens (including phenoxy) is 2. The summed E-state index contributed by atoms with van der Waals surface area (Å²) in [7, 11) is 3.24. The lowest BCUT2D eigenvalue weighted by Gasteiger charge is -2.16. The van der Waals surface area contributed by atoms with Crippen LogP contribution in [0.1, 0.15) is 16.7 Å². The summed E-state index contributed by atoms with van der Waals surface area (Å²) in [5, 5.41) is 2.97. The number of pyridine rings is 1. The molecule has 0 radical (unpaired) electrons. The lowest BCUT2D eigenvalue weighted by Crippen LogP contribution is -2.37. The molecule has 0 unspecified atom stereocenters. The molecule has 6 nitrogen and oxygen atoms in total. The number of methoxy groups -OCH3 is 2. The monoisotopic (exact) mass is 327 g/mol. The molecule has 126 valence electrons. The molecule has 6 heteroatoms. The van der Waals surface area contributed by atoms with Gasteiger partial charge in [0.2, 0.25) is 5.88 Å². The van der Waals surface area contributed by atoms with E-state index in [1.165, 1.54) is 5.56 Å². The predicted molar refractivity (Wildman–Crippen MR) is 90.1 cm³/mol. The number of hydrogen-bond donors (Lipinski definition) is 1. The van der Waals surface area contributed by atoms with Crippen LogP contribution in [0.25, 0.3) is 0 Å². The summed E-state index contributed by atoms with van der Waals surface area (Å²) < 4.78 is 10.3. The number of aromatic nitrogens is 1. The molecule has 1 aliphatic heterocycles. The van der Waals surface area contributed by atoms with E-state index in [0.717, 1.165) is 23.3 Å². The third-order valence-corrected chi connectivity index (χ3v) is 4.12. The molecule has 3 rings (SSSR count). The normalized spacial score (nSPS) is 12.7. The molecule has 0 atom stereocenters. The highest BCUT2D eigenvalue weighted by molar-refractivity contribution is 5.75. The lowest BCUT2D eigenvalue weighted by molar-refractivity contribution is 0.198. The largest absolute Gasteiger partial charge is 0.497 e. The molecular formula is C18H21N3O3. The van der Waals surface area contributed by atoms with Crippen LogP contribution in [0.15, 0.2) is 36.5 Å². The highest BCUT2D eigenvalue weighted by Crippen LogP contribution is 2.26. The van der Waals surface area contributed by atoms with Gasteiger partial charge in [-0.05, 0) is 41.3 Å². The van der Waals surface area contributed by atoms with Gasteiger partial charge in [0, 0.05) is 31.9 Å². The highest BCUT2D eigenvalue weighted by Gasteiger charge is 2.23. The van der Waals surface area contributed by atoms with Gasteiger partial charge in [-0.1, -0.05) is 6.07 Å². The van der Waals surface area contributed by atoms with Gasteiger partial charge in [-0.25, -0.2) is 9.78 Å². The molecule has 0 aliphatic carbocycles. The number of amides is 2. The van der Waals surface area contributed by atoms with Gasteiger partial charge in [-0.2, -0.15) is 0 Å². The summed E-state index contributed by atoms with van der Waals surface area (Å²) in [5.74, 6) is 1.41. The number of nitrogens with zero attached hydrogens (tertiary/aromatic N) is 2. The summed E-state index contributed by atoms with van der Waals surface area (Å²) in [6.45, 7) is 1.82. The first-order valence-corrected chi connectivity index (χ1v) is 7.87. The lowest BCUT2D eigenvalue weighted by atomic mass is 10.1. The number of benzene rings is 1. The van der Waals surface area contributed by atoms with Crippen LogP contribution in [-0.4, -0.2) is 36.7 Å². The van der Waals surface area contributed by atoms with Crippen molar-refractivity contribution in [1.29, 1.82) is 0 Å². The highest BCUT2D eigenvalue weighted by atomic mass is 16.5. The van der Waals surface area contributed by atoms with Crippen molar-refractivity contribution in [2.45, 2.75) is 19.5 Å². The van der Waals surface area contributed by atoms with E-state index in [9.17, 15) is 4.79 Å². The van der Waals surface area contributed by atoms with Gasteiger partial charge in [-0.3, -0.25) is 0 Å². The summed E-state index contributed by atoms with van der Waals surface area (Å²) >= 11 is 0. The van der Waals surface area contributed by atoms with Gasteiger partial charge in [0.15, 0.2) is 0 Å². The quantitative estimate of drug-likeness (QED) is 0.916. The Morgan fingerprint density at radius 1 is 1.17 bits per heavy atom. The van der Waals surface area contributed by atoms with E-state index in [0.29, 0.717) is 25.5 Å². The maximum absolute atomic E-state index is 12.3. The number of rotatable bonds is 5. The van der Waals surface area contributed by atoms with Gasteiger partial charge in [0.1, 0.15) is 5.75 Å². The van der Waals surface area contributed by atoms with E-state index in [1.54, 1.807) is 25.3 Å². The van der Waals surface area contributed by atoms with Crippen molar-refractivity contribution < 1.29 is 14.3 Å². The second kappa shape index (κ2) is 7.21. The van der Waals surface area contributed by atoms with Crippen LogP contribution in [0, 0.1) is 0 Å². The zero-order valence-corrected chi connectivity index (χ0v) is 13.9.